The normalized spacial score (nSPS) is 22.3. The van der Waals surface area contributed by atoms with Crippen LogP contribution < -0.4 is 5.56 Å². The van der Waals surface area contributed by atoms with E-state index in [0.29, 0.717) is 10.5 Å². The summed E-state index contributed by atoms with van der Waals surface area (Å²) >= 11 is 7.65. The number of thiazole rings is 1. The first kappa shape index (κ1) is 17.9. The Morgan fingerprint density at radius 2 is 1.96 bits per heavy atom. The van der Waals surface area contributed by atoms with Crippen LogP contribution in [-0.4, -0.2) is 47.4 Å². The average Bonchev–Trinajstić information content (AvgIpc) is 3.01. The first-order chi connectivity index (χ1) is 12.3. The summed E-state index contributed by atoms with van der Waals surface area (Å²) in [5.74, 6) is 0. The van der Waals surface area contributed by atoms with Crippen LogP contribution in [0.1, 0.15) is 13.8 Å². The van der Waals surface area contributed by atoms with Gasteiger partial charge in [0.2, 0.25) is 10.0 Å². The molecule has 1 aliphatic rings. The van der Waals surface area contributed by atoms with Gasteiger partial charge in [0.05, 0.1) is 28.1 Å². The van der Waals surface area contributed by atoms with Crippen molar-refractivity contribution in [1.29, 1.82) is 0 Å². The Balaban J connectivity index is 1.91. The molecule has 4 rings (SSSR count). The lowest BCUT2D eigenvalue weighted by Gasteiger charge is -2.34. The molecule has 7 nitrogen and oxygen atoms in total. The predicted octanol–water partition coefficient (Wildman–Crippen LogP) is 2.36. The molecule has 0 unspecified atom stereocenters. The van der Waals surface area contributed by atoms with Crippen molar-refractivity contribution in [1.82, 2.24) is 13.7 Å². The molecule has 138 valence electrons. The molecule has 0 bridgehead atoms. The van der Waals surface area contributed by atoms with Gasteiger partial charge >= 0.3 is 0 Å². The van der Waals surface area contributed by atoms with E-state index in [1.54, 1.807) is 16.0 Å². The van der Waals surface area contributed by atoms with Crippen LogP contribution in [0.5, 0.6) is 0 Å². The molecule has 10 heteroatoms. The number of benzene rings is 1. The monoisotopic (exact) mass is 413 g/mol. The van der Waals surface area contributed by atoms with Gasteiger partial charge < -0.3 is 4.74 Å². The molecular weight excluding hydrogens is 398 g/mol. The van der Waals surface area contributed by atoms with Gasteiger partial charge in [-0.1, -0.05) is 11.6 Å². The molecule has 1 fully saturated rings. The highest BCUT2D eigenvalue weighted by atomic mass is 35.5. The maximum atomic E-state index is 13.1. The Kier molecular flexibility index (Phi) is 4.31. The maximum absolute atomic E-state index is 13.1. The lowest BCUT2D eigenvalue weighted by Crippen LogP contribution is -2.48. The van der Waals surface area contributed by atoms with Crippen molar-refractivity contribution in [3.8, 4) is 0 Å². The van der Waals surface area contributed by atoms with Crippen LogP contribution in [0.2, 0.25) is 5.02 Å². The molecule has 0 radical (unpaired) electrons. The van der Waals surface area contributed by atoms with Gasteiger partial charge in [0, 0.05) is 24.7 Å². The molecule has 1 aromatic carbocycles. The number of hydrogen-bond acceptors (Lipinski definition) is 6. The van der Waals surface area contributed by atoms with Gasteiger partial charge in [-0.05, 0) is 26.0 Å². The summed E-state index contributed by atoms with van der Waals surface area (Å²) in [7, 11) is -3.86. The van der Waals surface area contributed by atoms with Gasteiger partial charge in [0.25, 0.3) is 5.56 Å². The molecule has 3 heterocycles. The van der Waals surface area contributed by atoms with Gasteiger partial charge in [-0.15, -0.1) is 11.3 Å². The van der Waals surface area contributed by atoms with Gasteiger partial charge in [0.15, 0.2) is 4.96 Å². The number of fused-ring (bicyclic) bond motifs is 3. The second kappa shape index (κ2) is 6.28. The van der Waals surface area contributed by atoms with Crippen molar-refractivity contribution in [2.24, 2.45) is 0 Å². The number of ether oxygens (including phenoxy) is 1. The highest BCUT2D eigenvalue weighted by Gasteiger charge is 2.34. The molecule has 2 aromatic heterocycles. The second-order valence-corrected chi connectivity index (χ2v) is 9.54. The lowest BCUT2D eigenvalue weighted by molar-refractivity contribution is -0.0440. The number of aromatic nitrogens is 2. The molecular formula is C16H16ClN3O4S2. The predicted molar refractivity (Wildman–Crippen MR) is 101 cm³/mol. The fraction of sp³-hybridized carbons (Fsp3) is 0.375. The standard InChI is InChI=1S/C16H16ClN3O4S2/c1-9-7-19(8-10(2)24-9)26(22,23)14-5-11-13(6-12(14)17)20-3-4-25-16(20)18-15(11)21/h3-6,9-10H,7-8H2,1-2H3/t9-,10-/m0/s1. The highest BCUT2D eigenvalue weighted by molar-refractivity contribution is 7.89. The van der Waals surface area contributed by atoms with Crippen LogP contribution in [0.3, 0.4) is 0 Å². The van der Waals surface area contributed by atoms with E-state index >= 15 is 0 Å². The van der Waals surface area contributed by atoms with E-state index in [4.69, 9.17) is 16.3 Å². The van der Waals surface area contributed by atoms with Gasteiger partial charge in [-0.3, -0.25) is 9.20 Å². The summed E-state index contributed by atoms with van der Waals surface area (Å²) in [6, 6.07) is 2.84. The number of rotatable bonds is 2. The number of nitrogens with zero attached hydrogens (tertiary/aromatic N) is 3. The first-order valence-electron chi connectivity index (χ1n) is 8.02. The van der Waals surface area contributed by atoms with Crippen LogP contribution in [0.25, 0.3) is 15.9 Å². The Morgan fingerprint density at radius 1 is 1.27 bits per heavy atom. The van der Waals surface area contributed by atoms with Gasteiger partial charge in [-0.25, -0.2) is 8.42 Å². The maximum Gasteiger partial charge on any atom is 0.281 e. The van der Waals surface area contributed by atoms with Gasteiger partial charge in [-0.2, -0.15) is 9.29 Å². The Hall–Kier alpha value is -1.52. The summed E-state index contributed by atoms with van der Waals surface area (Å²) in [5, 5.41) is 2.10. The highest BCUT2D eigenvalue weighted by Crippen LogP contribution is 2.30. The van der Waals surface area contributed by atoms with Crippen molar-refractivity contribution in [2.75, 3.05) is 13.1 Å². The molecule has 1 saturated heterocycles. The Bertz CT molecular complexity index is 1160. The lowest BCUT2D eigenvalue weighted by atomic mass is 10.2. The van der Waals surface area contributed by atoms with E-state index in [-0.39, 0.29) is 40.6 Å². The molecule has 0 N–H and O–H groups in total. The Morgan fingerprint density at radius 3 is 2.65 bits per heavy atom. The topological polar surface area (TPSA) is 81.0 Å². The molecule has 0 aliphatic carbocycles. The third-order valence-corrected chi connectivity index (χ3v) is 7.38. The zero-order chi connectivity index (χ0) is 18.6. The van der Waals surface area contributed by atoms with Crippen molar-refractivity contribution in [3.05, 3.63) is 39.1 Å². The van der Waals surface area contributed by atoms with Crippen LogP contribution in [0.15, 0.2) is 33.4 Å². The fourth-order valence-corrected chi connectivity index (χ4v) is 6.09. The minimum Gasteiger partial charge on any atom is -0.373 e. The van der Waals surface area contributed by atoms with E-state index < -0.39 is 15.6 Å². The molecule has 0 amide bonds. The van der Waals surface area contributed by atoms with Gasteiger partial charge in [0.1, 0.15) is 4.90 Å². The molecule has 1 aliphatic heterocycles. The summed E-state index contributed by atoms with van der Waals surface area (Å²) in [6.45, 7) is 4.12. The van der Waals surface area contributed by atoms with Crippen molar-refractivity contribution in [2.45, 2.75) is 31.0 Å². The average molecular weight is 414 g/mol. The molecule has 26 heavy (non-hydrogen) atoms. The quantitative estimate of drug-likeness (QED) is 0.644. The van der Waals surface area contributed by atoms with Crippen molar-refractivity contribution in [3.63, 3.8) is 0 Å². The van der Waals surface area contributed by atoms with E-state index in [1.165, 1.54) is 27.8 Å². The molecule has 3 aromatic rings. The first-order valence-corrected chi connectivity index (χ1v) is 10.7. The van der Waals surface area contributed by atoms with E-state index in [0.717, 1.165) is 0 Å². The molecule has 0 saturated carbocycles. The summed E-state index contributed by atoms with van der Waals surface area (Å²) in [5.41, 5.74) is 0.0631. The minimum absolute atomic E-state index is 0.0786. The van der Waals surface area contributed by atoms with E-state index in [9.17, 15) is 13.2 Å². The van der Waals surface area contributed by atoms with E-state index in [2.05, 4.69) is 4.98 Å². The largest absolute Gasteiger partial charge is 0.373 e. The molecule has 2 atom stereocenters. The fourth-order valence-electron chi connectivity index (χ4n) is 3.26. The van der Waals surface area contributed by atoms with Crippen LogP contribution in [-0.2, 0) is 14.8 Å². The zero-order valence-electron chi connectivity index (χ0n) is 14.0. The minimum atomic E-state index is -3.86. The summed E-state index contributed by atoms with van der Waals surface area (Å²) in [6.07, 6.45) is 1.33. The third kappa shape index (κ3) is 2.84. The Labute approximate surface area is 158 Å². The summed E-state index contributed by atoms with van der Waals surface area (Å²) in [4.78, 5) is 16.8. The second-order valence-electron chi connectivity index (χ2n) is 6.35. The molecule has 0 spiro atoms. The van der Waals surface area contributed by atoms with Crippen molar-refractivity contribution < 1.29 is 13.2 Å². The zero-order valence-corrected chi connectivity index (χ0v) is 16.4. The smallest absolute Gasteiger partial charge is 0.281 e. The van der Waals surface area contributed by atoms with Crippen LogP contribution in [0.4, 0.5) is 0 Å². The number of halogens is 1. The summed E-state index contributed by atoms with van der Waals surface area (Å²) < 4.78 is 34.9. The number of morpholine rings is 1. The number of hydrogen-bond donors (Lipinski definition) is 0. The third-order valence-electron chi connectivity index (χ3n) is 4.33. The van der Waals surface area contributed by atoms with Crippen LogP contribution in [0, 0.1) is 0 Å². The SMILES string of the molecule is C[C@H]1CN(S(=O)(=O)c2cc3c(=O)nc4sccn4c3cc2Cl)C[C@H](C)O1. The van der Waals surface area contributed by atoms with E-state index in [1.807, 2.05) is 13.8 Å². The van der Waals surface area contributed by atoms with Crippen molar-refractivity contribution >= 4 is 48.8 Å². The van der Waals surface area contributed by atoms with Crippen LogP contribution >= 0.6 is 22.9 Å². The number of sulfonamides is 1.